The summed E-state index contributed by atoms with van der Waals surface area (Å²) in [5.41, 5.74) is 0.171. The highest BCUT2D eigenvalue weighted by atomic mass is 35.5. The highest BCUT2D eigenvalue weighted by Gasteiger charge is 2.53. The van der Waals surface area contributed by atoms with Gasteiger partial charge in [-0.25, -0.2) is 0 Å². The summed E-state index contributed by atoms with van der Waals surface area (Å²) in [4.78, 5) is 12.0. The van der Waals surface area contributed by atoms with E-state index in [4.69, 9.17) is 0 Å². The van der Waals surface area contributed by atoms with Crippen LogP contribution in [0, 0.1) is 11.8 Å². The lowest BCUT2D eigenvalue weighted by molar-refractivity contribution is -0.274. The maximum atomic E-state index is 12.1. The molecule has 1 heterocycles. The molecule has 4 nitrogen and oxygen atoms in total. The van der Waals surface area contributed by atoms with Crippen LogP contribution in [0.1, 0.15) is 10.4 Å². The van der Waals surface area contributed by atoms with E-state index in [1.54, 1.807) is 0 Å². The molecule has 0 bridgehead atoms. The molecule has 2 fully saturated rings. The maximum Gasteiger partial charge on any atom is 0.573 e. The third-order valence-electron chi connectivity index (χ3n) is 3.72. The molecule has 21 heavy (non-hydrogen) atoms. The third kappa shape index (κ3) is 3.59. The van der Waals surface area contributed by atoms with Crippen molar-refractivity contribution in [1.29, 1.82) is 0 Å². The van der Waals surface area contributed by atoms with Crippen molar-refractivity contribution in [3.05, 3.63) is 29.8 Å². The molecule has 8 heteroatoms. The number of benzene rings is 1. The number of hydrogen-bond donors (Lipinski definition) is 2. The van der Waals surface area contributed by atoms with Crippen molar-refractivity contribution in [3.8, 4) is 5.75 Å². The second kappa shape index (κ2) is 5.73. The van der Waals surface area contributed by atoms with E-state index in [0.717, 1.165) is 19.2 Å². The summed E-state index contributed by atoms with van der Waals surface area (Å²) in [6, 6.07) is 5.23. The first kappa shape index (κ1) is 15.9. The van der Waals surface area contributed by atoms with Gasteiger partial charge in [0.25, 0.3) is 5.91 Å². The summed E-state index contributed by atoms with van der Waals surface area (Å²) in [7, 11) is 0. The molecule has 1 amide bonds. The van der Waals surface area contributed by atoms with Gasteiger partial charge in [-0.05, 0) is 30.0 Å². The van der Waals surface area contributed by atoms with Crippen molar-refractivity contribution < 1.29 is 22.7 Å². The quantitative estimate of drug-likeness (QED) is 0.894. The second-order valence-electron chi connectivity index (χ2n) is 5.06. The van der Waals surface area contributed by atoms with E-state index in [0.29, 0.717) is 11.8 Å². The van der Waals surface area contributed by atoms with Crippen LogP contribution >= 0.6 is 12.4 Å². The summed E-state index contributed by atoms with van der Waals surface area (Å²) in [5.74, 6) is 0.155. The van der Waals surface area contributed by atoms with Crippen LogP contribution in [0.15, 0.2) is 24.3 Å². The van der Waals surface area contributed by atoms with E-state index in [-0.39, 0.29) is 35.7 Å². The fraction of sp³-hybridized carbons (Fsp3) is 0.462. The Labute approximate surface area is 125 Å². The van der Waals surface area contributed by atoms with Gasteiger partial charge < -0.3 is 15.4 Å². The van der Waals surface area contributed by atoms with Crippen molar-refractivity contribution in [2.45, 2.75) is 12.4 Å². The maximum absolute atomic E-state index is 12.1. The minimum Gasteiger partial charge on any atom is -0.406 e. The van der Waals surface area contributed by atoms with Crippen LogP contribution < -0.4 is 15.4 Å². The number of hydrogen-bond acceptors (Lipinski definition) is 3. The minimum absolute atomic E-state index is 0. The summed E-state index contributed by atoms with van der Waals surface area (Å²) in [6.45, 7) is 1.76. The summed E-state index contributed by atoms with van der Waals surface area (Å²) in [5, 5.41) is 6.05. The predicted molar refractivity (Wildman–Crippen MR) is 71.5 cm³/mol. The number of piperidine rings is 1. The summed E-state index contributed by atoms with van der Waals surface area (Å²) in [6.07, 6.45) is -4.76. The number of rotatable bonds is 3. The molecule has 116 valence electrons. The van der Waals surface area contributed by atoms with Gasteiger partial charge in [0.15, 0.2) is 0 Å². The number of ether oxygens (including phenoxy) is 1. The topological polar surface area (TPSA) is 50.4 Å². The fourth-order valence-corrected chi connectivity index (χ4v) is 2.70. The molecule has 2 N–H and O–H groups in total. The van der Waals surface area contributed by atoms with E-state index in [9.17, 15) is 18.0 Å². The molecule has 3 rings (SSSR count). The third-order valence-corrected chi connectivity index (χ3v) is 3.72. The number of halogens is 4. The van der Waals surface area contributed by atoms with Crippen molar-refractivity contribution >= 4 is 18.3 Å². The Morgan fingerprint density at radius 1 is 1.29 bits per heavy atom. The van der Waals surface area contributed by atoms with Gasteiger partial charge in [0.2, 0.25) is 0 Å². The van der Waals surface area contributed by atoms with E-state index >= 15 is 0 Å². The van der Waals surface area contributed by atoms with Crippen molar-refractivity contribution in [1.82, 2.24) is 10.6 Å². The molecule has 2 unspecified atom stereocenters. The number of amides is 1. The Morgan fingerprint density at radius 3 is 2.57 bits per heavy atom. The fourth-order valence-electron chi connectivity index (χ4n) is 2.70. The number of fused-ring (bicyclic) bond motifs is 1. The lowest BCUT2D eigenvalue weighted by Gasteiger charge is -2.11. The molecule has 1 saturated carbocycles. The zero-order valence-electron chi connectivity index (χ0n) is 10.8. The van der Waals surface area contributed by atoms with Crippen LogP contribution in [0.3, 0.4) is 0 Å². The first-order chi connectivity index (χ1) is 9.44. The smallest absolute Gasteiger partial charge is 0.406 e. The van der Waals surface area contributed by atoms with Gasteiger partial charge in [-0.15, -0.1) is 25.6 Å². The number of carbonyl (C=O) groups is 1. The standard InChI is InChI=1S/C13H13F3N2O2.ClH/c14-13(15,16)20-8-3-1-2-7(4-8)12(19)18-11-9-5-17-6-10(9)11;/h1-4,9-11,17H,5-6H2,(H,18,19);1H. The Kier molecular flexibility index (Phi) is 4.34. The highest BCUT2D eigenvalue weighted by Crippen LogP contribution is 2.41. The molecular formula is C13H14ClF3N2O2. The van der Waals surface area contributed by atoms with Gasteiger partial charge in [0.05, 0.1) is 0 Å². The van der Waals surface area contributed by atoms with E-state index in [2.05, 4.69) is 15.4 Å². The van der Waals surface area contributed by atoms with Gasteiger partial charge in [0.1, 0.15) is 5.75 Å². The molecule has 2 aliphatic rings. The largest absolute Gasteiger partial charge is 0.573 e. The Hall–Kier alpha value is -1.47. The van der Waals surface area contributed by atoms with Crippen molar-refractivity contribution in [2.24, 2.45) is 11.8 Å². The predicted octanol–water partition coefficient (Wildman–Crippen LogP) is 1.95. The molecule has 0 aromatic heterocycles. The number of alkyl halides is 3. The van der Waals surface area contributed by atoms with Crippen LogP contribution in [0.25, 0.3) is 0 Å². The van der Waals surface area contributed by atoms with Gasteiger partial charge in [-0.2, -0.15) is 0 Å². The van der Waals surface area contributed by atoms with Crippen molar-refractivity contribution in [2.75, 3.05) is 13.1 Å². The number of carbonyl (C=O) groups excluding carboxylic acids is 1. The monoisotopic (exact) mass is 322 g/mol. The van der Waals surface area contributed by atoms with Crippen molar-refractivity contribution in [3.63, 3.8) is 0 Å². The van der Waals surface area contributed by atoms with Crippen LogP contribution in [-0.4, -0.2) is 31.4 Å². The molecular weight excluding hydrogens is 309 g/mol. The molecule has 1 aromatic rings. The van der Waals surface area contributed by atoms with E-state index in [1.807, 2.05) is 0 Å². The first-order valence-electron chi connectivity index (χ1n) is 6.31. The highest BCUT2D eigenvalue weighted by molar-refractivity contribution is 5.95. The molecule has 0 radical (unpaired) electrons. The van der Waals surface area contributed by atoms with Gasteiger partial charge in [-0.3, -0.25) is 4.79 Å². The number of nitrogens with one attached hydrogen (secondary N) is 2. The molecule has 1 aliphatic heterocycles. The van der Waals surface area contributed by atoms with Gasteiger partial charge in [0, 0.05) is 24.7 Å². The lowest BCUT2D eigenvalue weighted by Crippen LogP contribution is -2.32. The van der Waals surface area contributed by atoms with Gasteiger partial charge in [-0.1, -0.05) is 6.07 Å². The zero-order chi connectivity index (χ0) is 14.3. The normalized spacial score (nSPS) is 26.5. The lowest BCUT2D eigenvalue weighted by atomic mass is 10.2. The molecule has 1 saturated heterocycles. The van der Waals surface area contributed by atoms with Crippen LogP contribution in [0.2, 0.25) is 0 Å². The summed E-state index contributed by atoms with van der Waals surface area (Å²) < 4.78 is 40.2. The average Bonchev–Trinajstić information content (AvgIpc) is 2.81. The Morgan fingerprint density at radius 2 is 1.95 bits per heavy atom. The van der Waals surface area contributed by atoms with E-state index in [1.165, 1.54) is 18.2 Å². The second-order valence-corrected chi connectivity index (χ2v) is 5.06. The molecule has 0 spiro atoms. The van der Waals surface area contributed by atoms with Crippen LogP contribution in [0.5, 0.6) is 5.75 Å². The molecule has 1 aliphatic carbocycles. The Balaban J connectivity index is 0.00000161. The Bertz CT molecular complexity index is 528. The van der Waals surface area contributed by atoms with E-state index < -0.39 is 6.36 Å². The molecule has 2 atom stereocenters. The minimum atomic E-state index is -4.76. The van der Waals surface area contributed by atoms with Crippen LogP contribution in [0.4, 0.5) is 13.2 Å². The first-order valence-corrected chi connectivity index (χ1v) is 6.31. The zero-order valence-corrected chi connectivity index (χ0v) is 11.6. The summed E-state index contributed by atoms with van der Waals surface area (Å²) >= 11 is 0. The molecule has 1 aromatic carbocycles. The SMILES string of the molecule is Cl.O=C(NC1C2CNCC21)c1cccc(OC(F)(F)F)c1. The van der Waals surface area contributed by atoms with Crippen LogP contribution in [-0.2, 0) is 0 Å². The average molecular weight is 323 g/mol. The van der Waals surface area contributed by atoms with Gasteiger partial charge >= 0.3 is 6.36 Å².